The van der Waals surface area contributed by atoms with E-state index in [1.54, 1.807) is 24.4 Å². The van der Waals surface area contributed by atoms with Crippen LogP contribution in [0.5, 0.6) is 0 Å². The summed E-state index contributed by atoms with van der Waals surface area (Å²) in [5.74, 6) is 0. The molecule has 1 aromatic carbocycles. The van der Waals surface area contributed by atoms with E-state index in [9.17, 15) is 4.39 Å². The van der Waals surface area contributed by atoms with Crippen LogP contribution in [0.3, 0.4) is 0 Å². The predicted octanol–water partition coefficient (Wildman–Crippen LogP) is 3.34. The maximum Gasteiger partial charge on any atom is 0.134 e. The number of rotatable bonds is 3. The van der Waals surface area contributed by atoms with Crippen molar-refractivity contribution in [1.82, 2.24) is 4.98 Å². The molecule has 2 rings (SSSR count). The van der Waals surface area contributed by atoms with Gasteiger partial charge in [-0.15, -0.1) is 0 Å². The lowest BCUT2D eigenvalue weighted by atomic mass is 10.1. The molecule has 15 heavy (non-hydrogen) atoms. The molecule has 0 aliphatic heterocycles. The Morgan fingerprint density at radius 1 is 1.00 bits per heavy atom. The van der Waals surface area contributed by atoms with Gasteiger partial charge in [-0.05, 0) is 17.7 Å². The highest BCUT2D eigenvalue weighted by atomic mass is 19.1. The van der Waals surface area contributed by atoms with Crippen molar-refractivity contribution in [2.24, 2.45) is 0 Å². The first-order valence-electron chi connectivity index (χ1n) is 4.81. The lowest BCUT2D eigenvalue weighted by molar-refractivity contribution is 0.393. The average Bonchev–Trinajstić information content (AvgIpc) is 2.31. The van der Waals surface area contributed by atoms with Gasteiger partial charge in [-0.3, -0.25) is 4.98 Å². The molecule has 2 aromatic rings. The van der Waals surface area contributed by atoms with Gasteiger partial charge in [-0.1, -0.05) is 36.4 Å². The van der Waals surface area contributed by atoms with E-state index in [4.69, 9.17) is 0 Å². The Balaban J connectivity index is 2.08. The largest absolute Gasteiger partial charge is 0.261 e. The van der Waals surface area contributed by atoms with Gasteiger partial charge >= 0.3 is 0 Å². The minimum Gasteiger partial charge on any atom is -0.261 e. The van der Waals surface area contributed by atoms with E-state index in [0.717, 1.165) is 0 Å². The Morgan fingerprint density at radius 2 is 1.73 bits per heavy atom. The summed E-state index contributed by atoms with van der Waals surface area (Å²) in [6.07, 6.45) is 2.07. The SMILES string of the molecule is FC([CH]c1ccccn1)c1ccccc1. The van der Waals surface area contributed by atoms with Gasteiger partial charge in [0.25, 0.3) is 0 Å². The molecule has 1 atom stereocenters. The van der Waals surface area contributed by atoms with Gasteiger partial charge in [0.15, 0.2) is 0 Å². The number of alkyl halides is 1. The van der Waals surface area contributed by atoms with E-state index < -0.39 is 6.17 Å². The molecule has 0 spiro atoms. The highest BCUT2D eigenvalue weighted by Gasteiger charge is 2.10. The smallest absolute Gasteiger partial charge is 0.134 e. The normalized spacial score (nSPS) is 12.3. The van der Waals surface area contributed by atoms with Gasteiger partial charge in [-0.2, -0.15) is 0 Å². The zero-order valence-corrected chi connectivity index (χ0v) is 8.18. The first-order valence-corrected chi connectivity index (χ1v) is 4.81. The van der Waals surface area contributed by atoms with Crippen LogP contribution in [-0.2, 0) is 0 Å². The number of halogens is 1. The first kappa shape index (κ1) is 9.84. The maximum atomic E-state index is 13.7. The molecule has 1 nitrogen and oxygen atoms in total. The first-order chi connectivity index (χ1) is 7.36. The van der Waals surface area contributed by atoms with Crippen molar-refractivity contribution in [3.05, 3.63) is 72.4 Å². The van der Waals surface area contributed by atoms with Crippen molar-refractivity contribution in [3.63, 3.8) is 0 Å². The van der Waals surface area contributed by atoms with Crippen molar-refractivity contribution in [1.29, 1.82) is 0 Å². The van der Waals surface area contributed by atoms with Gasteiger partial charge in [0, 0.05) is 18.3 Å². The van der Waals surface area contributed by atoms with Crippen molar-refractivity contribution in [2.75, 3.05) is 0 Å². The van der Waals surface area contributed by atoms with Crippen LogP contribution in [0.15, 0.2) is 54.7 Å². The Kier molecular flexibility index (Phi) is 3.08. The summed E-state index contributed by atoms with van der Waals surface area (Å²) in [5.41, 5.74) is 1.32. The Morgan fingerprint density at radius 3 is 2.40 bits per heavy atom. The zero-order valence-electron chi connectivity index (χ0n) is 8.18. The summed E-state index contributed by atoms with van der Waals surface area (Å²) in [6.45, 7) is 0. The van der Waals surface area contributed by atoms with Crippen molar-refractivity contribution < 1.29 is 4.39 Å². The van der Waals surface area contributed by atoms with E-state index in [2.05, 4.69) is 4.98 Å². The fourth-order valence-electron chi connectivity index (χ4n) is 1.36. The molecule has 0 saturated heterocycles. The standard InChI is InChI=1S/C13H11FN/c14-13(11-6-2-1-3-7-11)10-12-8-4-5-9-15-12/h1-10,13H. The summed E-state index contributed by atoms with van der Waals surface area (Å²) < 4.78 is 13.7. The van der Waals surface area contributed by atoms with Crippen LogP contribution in [0.1, 0.15) is 17.4 Å². The highest BCUT2D eigenvalue weighted by Crippen LogP contribution is 2.22. The van der Waals surface area contributed by atoms with Gasteiger partial charge in [0.1, 0.15) is 6.17 Å². The molecular formula is C13H11FN. The second-order valence-electron chi connectivity index (χ2n) is 3.23. The summed E-state index contributed by atoms with van der Waals surface area (Å²) in [6, 6.07) is 14.5. The van der Waals surface area contributed by atoms with Crippen LogP contribution >= 0.6 is 0 Å². The van der Waals surface area contributed by atoms with Gasteiger partial charge < -0.3 is 0 Å². The number of aromatic nitrogens is 1. The van der Waals surface area contributed by atoms with E-state index in [-0.39, 0.29) is 0 Å². The third-order valence-corrected chi connectivity index (χ3v) is 2.12. The number of nitrogens with zero attached hydrogens (tertiary/aromatic N) is 1. The molecule has 1 heterocycles. The minimum atomic E-state index is -1.10. The van der Waals surface area contributed by atoms with Crippen molar-refractivity contribution in [3.8, 4) is 0 Å². The molecule has 75 valence electrons. The summed E-state index contributed by atoms with van der Waals surface area (Å²) >= 11 is 0. The lowest BCUT2D eigenvalue weighted by Gasteiger charge is -2.06. The average molecular weight is 200 g/mol. The molecule has 0 amide bonds. The molecule has 0 fully saturated rings. The van der Waals surface area contributed by atoms with E-state index in [1.807, 2.05) is 30.3 Å². The van der Waals surface area contributed by atoms with Crippen molar-refractivity contribution in [2.45, 2.75) is 6.17 Å². The third kappa shape index (κ3) is 2.62. The van der Waals surface area contributed by atoms with Gasteiger partial charge in [-0.25, -0.2) is 4.39 Å². The number of benzene rings is 1. The van der Waals surface area contributed by atoms with Crippen LogP contribution in [0.25, 0.3) is 0 Å². The predicted molar refractivity (Wildman–Crippen MR) is 57.9 cm³/mol. The maximum absolute atomic E-state index is 13.7. The monoisotopic (exact) mass is 200 g/mol. The summed E-state index contributed by atoms with van der Waals surface area (Å²) in [5, 5.41) is 0. The molecule has 0 bridgehead atoms. The van der Waals surface area contributed by atoms with Crippen molar-refractivity contribution >= 4 is 0 Å². The Hall–Kier alpha value is -1.70. The molecule has 0 N–H and O–H groups in total. The molecule has 0 saturated carbocycles. The molecule has 1 aromatic heterocycles. The molecule has 0 aliphatic rings. The minimum absolute atomic E-state index is 0.656. The molecule has 2 heteroatoms. The quantitative estimate of drug-likeness (QED) is 0.740. The zero-order chi connectivity index (χ0) is 10.5. The van der Waals surface area contributed by atoms with E-state index in [0.29, 0.717) is 11.3 Å². The fraction of sp³-hybridized carbons (Fsp3) is 0.0769. The second-order valence-corrected chi connectivity index (χ2v) is 3.23. The number of hydrogen-bond acceptors (Lipinski definition) is 1. The lowest BCUT2D eigenvalue weighted by Crippen LogP contribution is -1.95. The van der Waals surface area contributed by atoms with Crippen LogP contribution in [-0.4, -0.2) is 4.98 Å². The van der Waals surface area contributed by atoms with Crippen LogP contribution in [0, 0.1) is 6.42 Å². The molecule has 1 unspecified atom stereocenters. The summed E-state index contributed by atoms with van der Waals surface area (Å²) in [4.78, 5) is 4.05. The summed E-state index contributed by atoms with van der Waals surface area (Å²) in [7, 11) is 0. The van der Waals surface area contributed by atoms with E-state index in [1.165, 1.54) is 6.42 Å². The van der Waals surface area contributed by atoms with Crippen LogP contribution in [0.4, 0.5) is 4.39 Å². The van der Waals surface area contributed by atoms with E-state index >= 15 is 0 Å². The fourth-order valence-corrected chi connectivity index (χ4v) is 1.36. The topological polar surface area (TPSA) is 12.9 Å². The van der Waals surface area contributed by atoms with Crippen LogP contribution < -0.4 is 0 Å². The Labute approximate surface area is 88.6 Å². The van der Waals surface area contributed by atoms with Crippen LogP contribution in [0.2, 0.25) is 0 Å². The Bertz CT molecular complexity index is 399. The number of pyridine rings is 1. The third-order valence-electron chi connectivity index (χ3n) is 2.12. The van der Waals surface area contributed by atoms with Gasteiger partial charge in [0.05, 0.1) is 0 Å². The number of hydrogen-bond donors (Lipinski definition) is 0. The molecular weight excluding hydrogens is 189 g/mol. The van der Waals surface area contributed by atoms with Gasteiger partial charge in [0.2, 0.25) is 0 Å². The highest BCUT2D eigenvalue weighted by molar-refractivity contribution is 5.25. The molecule has 1 radical (unpaired) electrons. The second kappa shape index (κ2) is 4.69. The molecule has 0 aliphatic carbocycles.